The third-order valence-electron chi connectivity index (χ3n) is 7.86. The highest BCUT2D eigenvalue weighted by atomic mass is 16.5. The number of carboxylic acids is 1. The van der Waals surface area contributed by atoms with E-state index in [0.717, 1.165) is 24.2 Å². The van der Waals surface area contributed by atoms with Crippen LogP contribution in [0.3, 0.4) is 0 Å². The van der Waals surface area contributed by atoms with Crippen molar-refractivity contribution in [3.63, 3.8) is 0 Å². The van der Waals surface area contributed by atoms with Crippen LogP contribution in [-0.2, 0) is 9.59 Å². The van der Waals surface area contributed by atoms with Gasteiger partial charge < -0.3 is 15.3 Å². The summed E-state index contributed by atoms with van der Waals surface area (Å²) in [5.74, 6) is -0.730. The number of aliphatic carboxylic acids is 1. The van der Waals surface area contributed by atoms with Crippen LogP contribution in [0, 0.1) is 0 Å². The fraction of sp³-hybridized carbons (Fsp3) is 0.321. The maximum absolute atomic E-state index is 12.3. The number of carbonyl (C=O) groups excluding carboxylic acids is 1. The lowest BCUT2D eigenvalue weighted by molar-refractivity contribution is -0.142. The van der Waals surface area contributed by atoms with Gasteiger partial charge in [-0.25, -0.2) is 14.6 Å². The highest BCUT2D eigenvalue weighted by Crippen LogP contribution is 2.47. The van der Waals surface area contributed by atoms with Crippen LogP contribution in [0.15, 0.2) is 81.5 Å². The van der Waals surface area contributed by atoms with Crippen LogP contribution in [0.25, 0.3) is 11.4 Å². The second kappa shape index (κ2) is 10.8. The fourth-order valence-electron chi connectivity index (χ4n) is 5.60. The summed E-state index contributed by atoms with van der Waals surface area (Å²) in [7, 11) is 2.01. The van der Waals surface area contributed by atoms with Gasteiger partial charge in [0.1, 0.15) is 18.0 Å². The van der Waals surface area contributed by atoms with Crippen molar-refractivity contribution >= 4 is 23.9 Å². The Labute approximate surface area is 230 Å². The summed E-state index contributed by atoms with van der Waals surface area (Å²) >= 11 is 0. The van der Waals surface area contributed by atoms with Crippen molar-refractivity contribution < 1.29 is 19.2 Å². The molecule has 2 aromatic heterocycles. The van der Waals surface area contributed by atoms with Gasteiger partial charge in [-0.1, -0.05) is 24.2 Å². The van der Waals surface area contributed by atoms with Crippen LogP contribution in [0.2, 0.25) is 0 Å². The number of H-pyrrole nitrogens is 1. The Hall–Kier alpha value is -4.71. The molecule has 3 N–H and O–H groups in total. The largest absolute Gasteiger partial charge is 0.480 e. The molecule has 1 amide bonds. The first kappa shape index (κ1) is 26.9. The normalized spacial score (nSPS) is 21.3. The van der Waals surface area contributed by atoms with Gasteiger partial charge in [0.2, 0.25) is 6.41 Å². The van der Waals surface area contributed by atoms with Crippen LogP contribution in [0.1, 0.15) is 26.7 Å². The molecule has 1 saturated heterocycles. The molecule has 40 heavy (non-hydrogen) atoms. The molecule has 0 bridgehead atoms. The molecule has 3 heterocycles. The van der Waals surface area contributed by atoms with E-state index in [0.29, 0.717) is 35.9 Å². The predicted molar refractivity (Wildman–Crippen MR) is 148 cm³/mol. The maximum Gasteiger partial charge on any atom is 0.439 e. The lowest BCUT2D eigenvalue weighted by Gasteiger charge is -2.39. The fourth-order valence-corrected chi connectivity index (χ4v) is 5.60. The molecule has 12 nitrogen and oxygen atoms in total. The number of nitrogens with zero attached hydrogens (tertiary/aromatic N) is 5. The number of hydrogen-bond donors (Lipinski definition) is 3. The average Bonchev–Trinajstić information content (AvgIpc) is 3.51. The zero-order valence-electron chi connectivity index (χ0n) is 22.4. The summed E-state index contributed by atoms with van der Waals surface area (Å²) in [6.07, 6.45) is 7.33. The van der Waals surface area contributed by atoms with Crippen molar-refractivity contribution in [2.45, 2.75) is 44.4 Å². The van der Waals surface area contributed by atoms with Gasteiger partial charge in [0.25, 0.3) is 0 Å². The first-order valence-corrected chi connectivity index (χ1v) is 13.0. The van der Waals surface area contributed by atoms with E-state index in [2.05, 4.69) is 36.8 Å². The second-order valence-corrected chi connectivity index (χ2v) is 9.83. The Bertz CT molecular complexity index is 1500. The number of nitrogens with one attached hydrogen (secondary N) is 2. The third kappa shape index (κ3) is 4.66. The minimum atomic E-state index is -0.940. The number of pyridine rings is 1. The molecule has 1 aromatic carbocycles. The Morgan fingerprint density at radius 3 is 2.70 bits per heavy atom. The lowest BCUT2D eigenvalue weighted by atomic mass is 9.83. The van der Waals surface area contributed by atoms with Crippen molar-refractivity contribution in [2.75, 3.05) is 23.8 Å². The average molecular weight is 546 g/mol. The summed E-state index contributed by atoms with van der Waals surface area (Å²) in [5.41, 5.74) is 2.58. The van der Waals surface area contributed by atoms with E-state index < -0.39 is 23.3 Å². The first-order chi connectivity index (χ1) is 19.3. The number of anilines is 2. The molecule has 0 saturated carbocycles. The van der Waals surface area contributed by atoms with Gasteiger partial charge >= 0.3 is 11.7 Å². The molecule has 5 rings (SSSR count). The standard InChI is InChI=1S/C28H31N7O5/c1-4-28-13-12-21(34(17-36)23-7-5-6-14-29-23)15-22(28)35(18(2)26(37)38)24(33(28)3)16-30-20-10-8-19(9-11-20)25-31-27(39)40-32-25/h5-12,14-15,17-18,24,30H,4,13,16H2,1-3H3,(H,37,38)(H,31,32,39)/t18-,24+,28-/m0/s1. The minimum absolute atomic E-state index is 0.295. The molecule has 2 aliphatic rings. The van der Waals surface area contributed by atoms with E-state index in [1.165, 1.54) is 4.90 Å². The van der Waals surface area contributed by atoms with Crippen molar-refractivity contribution in [3.8, 4) is 11.4 Å². The predicted octanol–water partition coefficient (Wildman–Crippen LogP) is 2.87. The molecule has 0 spiro atoms. The number of likely N-dealkylation sites (N-methyl/N-ethyl adjacent to an activating group) is 1. The number of fused-ring (bicyclic) bond motifs is 1. The Balaban J connectivity index is 1.45. The van der Waals surface area contributed by atoms with Gasteiger partial charge in [-0.15, -0.1) is 0 Å². The number of benzene rings is 1. The van der Waals surface area contributed by atoms with Crippen LogP contribution in [0.4, 0.5) is 11.5 Å². The van der Waals surface area contributed by atoms with E-state index in [9.17, 15) is 19.5 Å². The van der Waals surface area contributed by atoms with Gasteiger partial charge in [-0.3, -0.25) is 24.1 Å². The van der Waals surface area contributed by atoms with E-state index in [-0.39, 0.29) is 6.17 Å². The third-order valence-corrected chi connectivity index (χ3v) is 7.86. The van der Waals surface area contributed by atoms with Gasteiger partial charge in [0, 0.05) is 35.4 Å². The zero-order chi connectivity index (χ0) is 28.4. The van der Waals surface area contributed by atoms with E-state index in [1.54, 1.807) is 25.3 Å². The van der Waals surface area contributed by atoms with Crippen LogP contribution in [-0.4, -0.2) is 73.7 Å². The number of carboxylic acid groups (broad SMARTS) is 1. The number of allylic oxidation sites excluding steroid dienone is 1. The number of hydrogen-bond acceptors (Lipinski definition) is 9. The summed E-state index contributed by atoms with van der Waals surface area (Å²) in [4.78, 5) is 48.2. The maximum atomic E-state index is 12.3. The van der Waals surface area contributed by atoms with Crippen molar-refractivity contribution in [1.82, 2.24) is 24.9 Å². The van der Waals surface area contributed by atoms with Crippen LogP contribution < -0.4 is 16.0 Å². The van der Waals surface area contributed by atoms with E-state index in [1.807, 2.05) is 54.4 Å². The molecule has 1 aliphatic heterocycles. The molecule has 1 aliphatic carbocycles. The molecular weight excluding hydrogens is 514 g/mol. The topological polar surface area (TPSA) is 148 Å². The summed E-state index contributed by atoms with van der Waals surface area (Å²) in [6.45, 7) is 4.20. The Kier molecular flexibility index (Phi) is 7.26. The number of aromatic nitrogens is 3. The molecule has 0 radical (unpaired) electrons. The summed E-state index contributed by atoms with van der Waals surface area (Å²) in [6, 6.07) is 11.9. The highest BCUT2D eigenvalue weighted by Gasteiger charge is 2.54. The smallest absolute Gasteiger partial charge is 0.439 e. The number of amides is 1. The molecule has 208 valence electrons. The molecule has 1 fully saturated rings. The SMILES string of the molecule is CC[C@]12CC=C(N(C=O)c3ccccn3)C=C1N([C@@H](C)C(=O)O)[C@H](CNc1ccc(-c3noc(=O)[nH]3)cc1)N2C. The summed E-state index contributed by atoms with van der Waals surface area (Å²) in [5, 5.41) is 17.2. The van der Waals surface area contributed by atoms with Crippen molar-refractivity contribution in [2.24, 2.45) is 0 Å². The van der Waals surface area contributed by atoms with Crippen molar-refractivity contribution in [1.29, 1.82) is 0 Å². The second-order valence-electron chi connectivity index (χ2n) is 9.83. The lowest BCUT2D eigenvalue weighted by Crippen LogP contribution is -2.50. The minimum Gasteiger partial charge on any atom is -0.480 e. The monoisotopic (exact) mass is 545 g/mol. The first-order valence-electron chi connectivity index (χ1n) is 13.0. The number of aromatic amines is 1. The number of carbonyl (C=O) groups is 2. The van der Waals surface area contributed by atoms with Gasteiger partial charge in [0.05, 0.1) is 5.54 Å². The Morgan fingerprint density at radius 2 is 2.10 bits per heavy atom. The van der Waals surface area contributed by atoms with Crippen LogP contribution >= 0.6 is 0 Å². The van der Waals surface area contributed by atoms with Crippen molar-refractivity contribution in [3.05, 3.63) is 82.8 Å². The zero-order valence-corrected chi connectivity index (χ0v) is 22.4. The van der Waals surface area contributed by atoms with E-state index >= 15 is 0 Å². The highest BCUT2D eigenvalue weighted by molar-refractivity contribution is 5.80. The van der Waals surface area contributed by atoms with E-state index in [4.69, 9.17) is 0 Å². The van der Waals surface area contributed by atoms with Gasteiger partial charge in [0.15, 0.2) is 5.82 Å². The molecule has 3 atom stereocenters. The molecule has 12 heteroatoms. The molecular formula is C28H31N7O5. The number of rotatable bonds is 10. The van der Waals surface area contributed by atoms with Gasteiger partial charge in [-0.2, -0.15) is 0 Å². The summed E-state index contributed by atoms with van der Waals surface area (Å²) < 4.78 is 4.58. The molecule has 3 aromatic rings. The Morgan fingerprint density at radius 1 is 1.32 bits per heavy atom. The van der Waals surface area contributed by atoms with Gasteiger partial charge in [-0.05, 0) is 69.3 Å². The van der Waals surface area contributed by atoms with Crippen LogP contribution in [0.5, 0.6) is 0 Å². The molecule has 0 unspecified atom stereocenters. The quantitative estimate of drug-likeness (QED) is 0.325.